The van der Waals surface area contributed by atoms with E-state index >= 15 is 0 Å². The van der Waals surface area contributed by atoms with Gasteiger partial charge in [-0.15, -0.1) is 0 Å². The molecule has 18 heavy (non-hydrogen) atoms. The summed E-state index contributed by atoms with van der Waals surface area (Å²) < 4.78 is 0. The number of carbonyl (C=O) groups excluding carboxylic acids is 1. The fourth-order valence-corrected chi connectivity index (χ4v) is 3.50. The van der Waals surface area contributed by atoms with E-state index in [0.29, 0.717) is 11.9 Å². The van der Waals surface area contributed by atoms with Gasteiger partial charge in [0, 0.05) is 25.0 Å². The number of amides is 1. The molecule has 0 radical (unpaired) electrons. The second-order valence-electron chi connectivity index (χ2n) is 6.45. The summed E-state index contributed by atoms with van der Waals surface area (Å²) in [6, 6.07) is 0.514. The quantitative estimate of drug-likeness (QED) is 0.837. The first-order chi connectivity index (χ1) is 8.62. The summed E-state index contributed by atoms with van der Waals surface area (Å²) in [5.74, 6) is 0.370. The average Bonchev–Trinajstić information content (AvgIpc) is 2.40. The SMILES string of the molecule is CN(CC1CCCCN1)C(=O)C1(C)CCCCC1. The van der Waals surface area contributed by atoms with Crippen molar-refractivity contribution in [1.82, 2.24) is 10.2 Å². The number of carbonyl (C=O) groups is 1. The molecule has 0 aromatic heterocycles. The molecule has 1 aliphatic carbocycles. The molecule has 1 aliphatic heterocycles. The van der Waals surface area contributed by atoms with E-state index in [1.165, 1.54) is 38.5 Å². The third-order valence-corrected chi connectivity index (χ3v) is 4.73. The number of nitrogens with zero attached hydrogens (tertiary/aromatic N) is 1. The van der Waals surface area contributed by atoms with Gasteiger partial charge in [0.1, 0.15) is 0 Å². The first kappa shape index (κ1) is 13.9. The standard InChI is InChI=1S/C15H28N2O/c1-15(9-5-3-6-10-15)14(18)17(2)12-13-8-4-7-11-16-13/h13,16H,3-12H2,1-2H3. The highest BCUT2D eigenvalue weighted by atomic mass is 16.2. The van der Waals surface area contributed by atoms with E-state index < -0.39 is 0 Å². The molecule has 3 heteroatoms. The summed E-state index contributed by atoms with van der Waals surface area (Å²) in [6.07, 6.45) is 9.70. The van der Waals surface area contributed by atoms with Gasteiger partial charge in [-0.1, -0.05) is 32.6 Å². The third kappa shape index (κ3) is 3.25. The fourth-order valence-electron chi connectivity index (χ4n) is 3.50. The zero-order valence-electron chi connectivity index (χ0n) is 12.0. The fraction of sp³-hybridized carbons (Fsp3) is 0.933. The lowest BCUT2D eigenvalue weighted by molar-refractivity contribution is -0.142. The monoisotopic (exact) mass is 252 g/mol. The van der Waals surface area contributed by atoms with E-state index in [1.54, 1.807) is 0 Å². The maximum atomic E-state index is 12.6. The molecule has 0 aromatic carbocycles. The molecule has 1 unspecified atom stereocenters. The summed E-state index contributed by atoms with van der Waals surface area (Å²) >= 11 is 0. The van der Waals surface area contributed by atoms with Crippen molar-refractivity contribution in [2.75, 3.05) is 20.1 Å². The van der Waals surface area contributed by atoms with Gasteiger partial charge in [0.2, 0.25) is 5.91 Å². The van der Waals surface area contributed by atoms with Crippen LogP contribution in [0.2, 0.25) is 0 Å². The van der Waals surface area contributed by atoms with Crippen molar-refractivity contribution in [3.63, 3.8) is 0 Å². The minimum atomic E-state index is -0.0817. The molecule has 0 spiro atoms. The van der Waals surface area contributed by atoms with Gasteiger partial charge in [-0.25, -0.2) is 0 Å². The van der Waals surface area contributed by atoms with Crippen LogP contribution < -0.4 is 5.32 Å². The number of hydrogen-bond donors (Lipinski definition) is 1. The van der Waals surface area contributed by atoms with E-state index in [4.69, 9.17) is 0 Å². The Kier molecular flexibility index (Phi) is 4.66. The maximum Gasteiger partial charge on any atom is 0.228 e. The molecule has 2 fully saturated rings. The van der Waals surface area contributed by atoms with E-state index in [9.17, 15) is 4.79 Å². The van der Waals surface area contributed by atoms with E-state index in [2.05, 4.69) is 12.2 Å². The highest BCUT2D eigenvalue weighted by Gasteiger charge is 2.36. The summed E-state index contributed by atoms with van der Waals surface area (Å²) in [4.78, 5) is 14.6. The number of rotatable bonds is 3. The first-order valence-electron chi connectivity index (χ1n) is 7.61. The Bertz CT molecular complexity index is 278. The normalized spacial score (nSPS) is 27.8. The molecule has 1 N–H and O–H groups in total. The van der Waals surface area contributed by atoms with Crippen LogP contribution in [0.3, 0.4) is 0 Å². The Labute approximate surface area is 111 Å². The molecule has 0 aromatic rings. The first-order valence-corrected chi connectivity index (χ1v) is 7.61. The van der Waals surface area contributed by atoms with E-state index in [1.807, 2.05) is 11.9 Å². The van der Waals surface area contributed by atoms with Crippen LogP contribution in [-0.4, -0.2) is 37.0 Å². The summed E-state index contributed by atoms with van der Waals surface area (Å²) in [5, 5.41) is 3.53. The molecule has 1 atom stereocenters. The summed E-state index contributed by atoms with van der Waals surface area (Å²) in [7, 11) is 1.98. The predicted molar refractivity (Wildman–Crippen MR) is 74.5 cm³/mol. The van der Waals surface area contributed by atoms with Gasteiger partial charge < -0.3 is 10.2 Å². The molecule has 1 heterocycles. The lowest BCUT2D eigenvalue weighted by Gasteiger charge is -2.37. The van der Waals surface area contributed by atoms with Crippen molar-refractivity contribution < 1.29 is 4.79 Å². The average molecular weight is 252 g/mol. The minimum Gasteiger partial charge on any atom is -0.344 e. The molecule has 1 saturated heterocycles. The molecule has 104 valence electrons. The lowest BCUT2D eigenvalue weighted by Crippen LogP contribution is -2.48. The van der Waals surface area contributed by atoms with Gasteiger partial charge in [-0.3, -0.25) is 4.79 Å². The highest BCUT2D eigenvalue weighted by Crippen LogP contribution is 2.37. The van der Waals surface area contributed by atoms with Crippen molar-refractivity contribution in [1.29, 1.82) is 0 Å². The van der Waals surface area contributed by atoms with Crippen molar-refractivity contribution in [2.45, 2.75) is 64.3 Å². The van der Waals surface area contributed by atoms with Crippen LogP contribution in [0, 0.1) is 5.41 Å². The number of hydrogen-bond acceptors (Lipinski definition) is 2. The lowest BCUT2D eigenvalue weighted by atomic mass is 9.74. The van der Waals surface area contributed by atoms with Crippen molar-refractivity contribution >= 4 is 5.91 Å². The molecule has 1 saturated carbocycles. The van der Waals surface area contributed by atoms with Crippen LogP contribution in [0.1, 0.15) is 58.3 Å². The molecule has 1 amide bonds. The largest absolute Gasteiger partial charge is 0.344 e. The molecule has 2 aliphatic rings. The van der Waals surface area contributed by atoms with Crippen LogP contribution in [0.15, 0.2) is 0 Å². The number of likely N-dealkylation sites (N-methyl/N-ethyl adjacent to an activating group) is 1. The molecular formula is C15H28N2O. The molecule has 2 rings (SSSR count). The maximum absolute atomic E-state index is 12.6. The highest BCUT2D eigenvalue weighted by molar-refractivity contribution is 5.82. The summed E-state index contributed by atoms with van der Waals surface area (Å²) in [5.41, 5.74) is -0.0817. The van der Waals surface area contributed by atoms with Crippen LogP contribution in [0.5, 0.6) is 0 Å². The van der Waals surface area contributed by atoms with E-state index in [0.717, 1.165) is 25.9 Å². The molecule has 0 bridgehead atoms. The van der Waals surface area contributed by atoms with Crippen LogP contribution in [0.4, 0.5) is 0 Å². The second kappa shape index (κ2) is 6.05. The Morgan fingerprint density at radius 2 is 1.94 bits per heavy atom. The van der Waals surface area contributed by atoms with Gasteiger partial charge in [0.05, 0.1) is 0 Å². The smallest absolute Gasteiger partial charge is 0.228 e. The van der Waals surface area contributed by atoms with Crippen molar-refractivity contribution in [3.05, 3.63) is 0 Å². The Balaban J connectivity index is 1.86. The van der Waals surface area contributed by atoms with Gasteiger partial charge in [0.15, 0.2) is 0 Å². The van der Waals surface area contributed by atoms with Crippen LogP contribution >= 0.6 is 0 Å². The van der Waals surface area contributed by atoms with Gasteiger partial charge in [-0.05, 0) is 32.2 Å². The Morgan fingerprint density at radius 3 is 2.56 bits per heavy atom. The zero-order valence-corrected chi connectivity index (χ0v) is 12.0. The predicted octanol–water partition coefficient (Wildman–Crippen LogP) is 2.56. The van der Waals surface area contributed by atoms with Gasteiger partial charge in [0.25, 0.3) is 0 Å². The Morgan fingerprint density at radius 1 is 1.22 bits per heavy atom. The molecule has 3 nitrogen and oxygen atoms in total. The van der Waals surface area contributed by atoms with Gasteiger partial charge in [-0.2, -0.15) is 0 Å². The third-order valence-electron chi connectivity index (χ3n) is 4.73. The topological polar surface area (TPSA) is 32.3 Å². The second-order valence-corrected chi connectivity index (χ2v) is 6.45. The molecular weight excluding hydrogens is 224 g/mol. The minimum absolute atomic E-state index is 0.0817. The van der Waals surface area contributed by atoms with Crippen molar-refractivity contribution in [3.8, 4) is 0 Å². The van der Waals surface area contributed by atoms with Crippen molar-refractivity contribution in [2.24, 2.45) is 5.41 Å². The number of nitrogens with one attached hydrogen (secondary N) is 1. The van der Waals surface area contributed by atoms with Crippen LogP contribution in [-0.2, 0) is 4.79 Å². The van der Waals surface area contributed by atoms with Gasteiger partial charge >= 0.3 is 0 Å². The number of piperidine rings is 1. The zero-order chi connectivity index (χ0) is 13.0. The van der Waals surface area contributed by atoms with Crippen LogP contribution in [0.25, 0.3) is 0 Å². The summed E-state index contributed by atoms with van der Waals surface area (Å²) in [6.45, 7) is 4.16. The Hall–Kier alpha value is -0.570. The van der Waals surface area contributed by atoms with E-state index in [-0.39, 0.29) is 5.41 Å².